The molecule has 4 aliphatic rings. The Balaban J connectivity index is 1.69. The van der Waals surface area contributed by atoms with Crippen molar-refractivity contribution in [2.45, 2.75) is 37.7 Å². The van der Waals surface area contributed by atoms with Crippen molar-refractivity contribution in [3.63, 3.8) is 0 Å². The highest BCUT2D eigenvalue weighted by molar-refractivity contribution is 5.93. The van der Waals surface area contributed by atoms with Gasteiger partial charge in [-0.15, -0.1) is 0 Å². The Hall–Kier alpha value is -1.05. The predicted octanol–water partition coefficient (Wildman–Crippen LogP) is 2.60. The molecule has 0 unspecified atom stereocenters. The Morgan fingerprint density at radius 2 is 2.31 bits per heavy atom. The highest BCUT2D eigenvalue weighted by Gasteiger charge is 2.66. The predicted molar refractivity (Wildman–Crippen MR) is 59.6 cm³/mol. The highest BCUT2D eigenvalue weighted by Crippen LogP contribution is 2.65. The number of hydrogen-bond donors (Lipinski definition) is 0. The van der Waals surface area contributed by atoms with E-state index in [1.54, 1.807) is 0 Å². The SMILES string of the molecule is O=C1C=C([C@@H]2[C@@H]3C=CO[C@@]34CCC[C@@H]24)CC1. The van der Waals surface area contributed by atoms with Gasteiger partial charge in [-0.2, -0.15) is 0 Å². The summed E-state index contributed by atoms with van der Waals surface area (Å²) in [4.78, 5) is 11.4. The van der Waals surface area contributed by atoms with E-state index in [0.717, 1.165) is 12.8 Å². The second-order valence-corrected chi connectivity index (χ2v) is 5.64. The van der Waals surface area contributed by atoms with Crippen LogP contribution in [0.3, 0.4) is 0 Å². The van der Waals surface area contributed by atoms with Crippen molar-refractivity contribution in [1.29, 1.82) is 0 Å². The Morgan fingerprint density at radius 1 is 1.38 bits per heavy atom. The lowest BCUT2D eigenvalue weighted by atomic mass is 9.53. The Labute approximate surface area is 95.4 Å². The molecule has 2 fully saturated rings. The molecule has 1 aliphatic heterocycles. The van der Waals surface area contributed by atoms with Crippen LogP contribution in [0.2, 0.25) is 0 Å². The highest BCUT2D eigenvalue weighted by atomic mass is 16.5. The maximum absolute atomic E-state index is 11.4. The van der Waals surface area contributed by atoms with Crippen molar-refractivity contribution in [3.05, 3.63) is 24.0 Å². The fourth-order valence-corrected chi connectivity index (χ4v) is 4.49. The number of allylic oxidation sites excluding steroid dienone is 2. The van der Waals surface area contributed by atoms with Gasteiger partial charge in [-0.1, -0.05) is 5.57 Å². The quantitative estimate of drug-likeness (QED) is 0.673. The summed E-state index contributed by atoms with van der Waals surface area (Å²) in [7, 11) is 0. The molecule has 0 N–H and O–H groups in total. The van der Waals surface area contributed by atoms with Gasteiger partial charge in [0.2, 0.25) is 0 Å². The first-order chi connectivity index (χ1) is 7.81. The van der Waals surface area contributed by atoms with Gasteiger partial charge in [0.05, 0.1) is 6.26 Å². The molecule has 0 radical (unpaired) electrons. The largest absolute Gasteiger partial charge is 0.494 e. The van der Waals surface area contributed by atoms with E-state index in [2.05, 4.69) is 6.08 Å². The van der Waals surface area contributed by atoms with Gasteiger partial charge >= 0.3 is 0 Å². The third kappa shape index (κ3) is 0.876. The van der Waals surface area contributed by atoms with Crippen LogP contribution in [-0.2, 0) is 9.53 Å². The van der Waals surface area contributed by atoms with Crippen molar-refractivity contribution in [3.8, 4) is 0 Å². The summed E-state index contributed by atoms with van der Waals surface area (Å²) in [5, 5.41) is 0. The molecule has 4 atom stereocenters. The minimum atomic E-state index is 0.150. The summed E-state index contributed by atoms with van der Waals surface area (Å²) in [6, 6.07) is 0. The molecular formula is C14H16O2. The van der Waals surface area contributed by atoms with Crippen LogP contribution in [0.15, 0.2) is 24.0 Å². The topological polar surface area (TPSA) is 26.3 Å². The average molecular weight is 216 g/mol. The lowest BCUT2D eigenvalue weighted by Crippen LogP contribution is -2.58. The molecule has 0 aromatic carbocycles. The Kier molecular flexibility index (Phi) is 1.58. The number of ketones is 1. The van der Waals surface area contributed by atoms with Gasteiger partial charge < -0.3 is 4.74 Å². The molecule has 0 aromatic rings. The summed E-state index contributed by atoms with van der Waals surface area (Å²) < 4.78 is 5.89. The molecule has 0 bridgehead atoms. The molecule has 4 rings (SSSR count). The fourth-order valence-electron chi connectivity index (χ4n) is 4.49. The van der Waals surface area contributed by atoms with Crippen LogP contribution in [0.5, 0.6) is 0 Å². The number of ether oxygens (including phenoxy) is 1. The molecule has 84 valence electrons. The minimum Gasteiger partial charge on any atom is -0.494 e. The summed E-state index contributed by atoms with van der Waals surface area (Å²) in [6.45, 7) is 0. The summed E-state index contributed by atoms with van der Waals surface area (Å²) in [5.74, 6) is 2.20. The van der Waals surface area contributed by atoms with Crippen molar-refractivity contribution < 1.29 is 9.53 Å². The third-order valence-electron chi connectivity index (χ3n) is 5.10. The third-order valence-corrected chi connectivity index (χ3v) is 5.10. The van der Waals surface area contributed by atoms with Gasteiger partial charge in [0.1, 0.15) is 5.60 Å². The van der Waals surface area contributed by atoms with Gasteiger partial charge in [0, 0.05) is 18.3 Å². The van der Waals surface area contributed by atoms with Crippen LogP contribution in [0.4, 0.5) is 0 Å². The first kappa shape index (κ1) is 9.03. The van der Waals surface area contributed by atoms with Crippen LogP contribution >= 0.6 is 0 Å². The zero-order chi connectivity index (χ0) is 10.8. The van der Waals surface area contributed by atoms with E-state index < -0.39 is 0 Å². The lowest BCUT2D eigenvalue weighted by molar-refractivity contribution is -0.132. The summed E-state index contributed by atoms with van der Waals surface area (Å²) in [6.07, 6.45) is 11.6. The number of carbonyl (C=O) groups excluding carboxylic acids is 1. The van der Waals surface area contributed by atoms with Crippen molar-refractivity contribution in [2.24, 2.45) is 17.8 Å². The van der Waals surface area contributed by atoms with Gasteiger partial charge in [-0.25, -0.2) is 0 Å². The maximum Gasteiger partial charge on any atom is 0.155 e. The van der Waals surface area contributed by atoms with E-state index in [9.17, 15) is 4.79 Å². The van der Waals surface area contributed by atoms with Crippen LogP contribution in [-0.4, -0.2) is 11.4 Å². The van der Waals surface area contributed by atoms with Crippen LogP contribution in [0.25, 0.3) is 0 Å². The van der Waals surface area contributed by atoms with Crippen LogP contribution < -0.4 is 0 Å². The van der Waals surface area contributed by atoms with Crippen LogP contribution in [0.1, 0.15) is 32.1 Å². The zero-order valence-corrected chi connectivity index (χ0v) is 9.32. The van der Waals surface area contributed by atoms with E-state index in [1.165, 1.54) is 24.8 Å². The molecule has 2 nitrogen and oxygen atoms in total. The van der Waals surface area contributed by atoms with Gasteiger partial charge in [0.25, 0.3) is 0 Å². The number of hydrogen-bond acceptors (Lipinski definition) is 2. The van der Waals surface area contributed by atoms with E-state index in [-0.39, 0.29) is 5.60 Å². The molecule has 16 heavy (non-hydrogen) atoms. The van der Waals surface area contributed by atoms with Gasteiger partial charge in [-0.3, -0.25) is 4.79 Å². The standard InChI is InChI=1S/C14H16O2/c15-10-4-3-9(8-10)13-11-2-1-6-14(11)12(13)5-7-16-14/h5,7-8,11-13H,1-4,6H2/t11-,12-,13-,14+/m0/s1. The van der Waals surface area contributed by atoms with Gasteiger partial charge in [0.15, 0.2) is 5.78 Å². The zero-order valence-electron chi connectivity index (χ0n) is 9.32. The molecule has 1 spiro atoms. The molecule has 0 aromatic heterocycles. The van der Waals surface area contributed by atoms with Crippen molar-refractivity contribution >= 4 is 5.78 Å². The molecule has 0 amide bonds. The number of rotatable bonds is 1. The van der Waals surface area contributed by atoms with Crippen molar-refractivity contribution in [1.82, 2.24) is 0 Å². The molecule has 2 saturated carbocycles. The van der Waals surface area contributed by atoms with E-state index >= 15 is 0 Å². The first-order valence-electron chi connectivity index (χ1n) is 6.39. The normalized spacial score (nSPS) is 48.4. The molecule has 3 aliphatic carbocycles. The minimum absolute atomic E-state index is 0.150. The fraction of sp³-hybridized carbons (Fsp3) is 0.643. The average Bonchev–Trinajstić information content (AvgIpc) is 2.93. The van der Waals surface area contributed by atoms with Gasteiger partial charge in [-0.05, 0) is 43.8 Å². The maximum atomic E-state index is 11.4. The van der Waals surface area contributed by atoms with E-state index in [4.69, 9.17) is 4.74 Å². The van der Waals surface area contributed by atoms with E-state index in [1.807, 2.05) is 12.3 Å². The summed E-state index contributed by atoms with van der Waals surface area (Å²) in [5.41, 5.74) is 1.56. The second kappa shape index (κ2) is 2.79. The second-order valence-electron chi connectivity index (χ2n) is 5.64. The monoisotopic (exact) mass is 216 g/mol. The van der Waals surface area contributed by atoms with Crippen molar-refractivity contribution in [2.75, 3.05) is 0 Å². The first-order valence-corrected chi connectivity index (χ1v) is 6.39. The smallest absolute Gasteiger partial charge is 0.155 e. The molecule has 2 heteroatoms. The van der Waals surface area contributed by atoms with E-state index in [0.29, 0.717) is 23.5 Å². The molecule has 0 saturated heterocycles. The molecular weight excluding hydrogens is 200 g/mol. The summed E-state index contributed by atoms with van der Waals surface area (Å²) >= 11 is 0. The lowest BCUT2D eigenvalue weighted by Gasteiger charge is -2.54. The molecule has 1 heterocycles. The van der Waals surface area contributed by atoms with Crippen LogP contribution in [0, 0.1) is 17.8 Å². The Bertz CT molecular complexity index is 420. The number of carbonyl (C=O) groups is 1. The Morgan fingerprint density at radius 3 is 3.12 bits per heavy atom.